The highest BCUT2D eigenvalue weighted by Crippen LogP contribution is 2.26. The first-order chi connectivity index (χ1) is 9.13. The molecule has 3 aromatic rings. The number of aromatic amines is 1. The molecule has 0 atom stereocenters. The lowest BCUT2D eigenvalue weighted by molar-refractivity contribution is 1.13. The number of H-pyrrole nitrogens is 1. The Morgan fingerprint density at radius 1 is 0.947 bits per heavy atom. The summed E-state index contributed by atoms with van der Waals surface area (Å²) < 4.78 is 1.26. The van der Waals surface area contributed by atoms with E-state index in [1.54, 1.807) is 0 Å². The number of hydrogen-bond acceptors (Lipinski definition) is 1. The number of anilines is 1. The van der Waals surface area contributed by atoms with Crippen LogP contribution in [0.1, 0.15) is 0 Å². The first-order valence-corrected chi connectivity index (χ1v) is 7.27. The number of fused-ring (bicyclic) bond motifs is 1. The molecule has 1 aromatic heterocycles. The fraction of sp³-hybridized carbons (Fsp3) is 0.125. The van der Waals surface area contributed by atoms with E-state index in [0.29, 0.717) is 0 Å². The molecule has 2 aromatic carbocycles. The standard InChI is InChI=1S/C16H15IN2/c1-19(2)14-6-3-11(4-7-14)16-10-12-9-13(17)5-8-15(12)18-16/h3-10,18H,1-2H3/i17-2. The van der Waals surface area contributed by atoms with Gasteiger partial charge in [-0.3, -0.25) is 0 Å². The fourth-order valence-corrected chi connectivity index (χ4v) is 2.71. The van der Waals surface area contributed by atoms with Crippen LogP contribution in [0.5, 0.6) is 0 Å². The van der Waals surface area contributed by atoms with Crippen LogP contribution in [0.4, 0.5) is 5.69 Å². The van der Waals surface area contributed by atoms with Gasteiger partial charge < -0.3 is 9.88 Å². The van der Waals surface area contributed by atoms with E-state index in [0.717, 1.165) is 0 Å². The number of halogens is 1. The normalized spacial score (nSPS) is 10.9. The predicted molar refractivity (Wildman–Crippen MR) is 90.8 cm³/mol. The minimum Gasteiger partial charge on any atom is -0.378 e. The maximum Gasteiger partial charge on any atom is 0.0464 e. The zero-order valence-corrected chi connectivity index (χ0v) is 13.1. The minimum atomic E-state index is 1.17. The Kier molecular flexibility index (Phi) is 3.22. The van der Waals surface area contributed by atoms with Gasteiger partial charge in [0, 0.05) is 39.9 Å². The Balaban J connectivity index is 2.03. The number of aromatic nitrogens is 1. The largest absolute Gasteiger partial charge is 0.378 e. The summed E-state index contributed by atoms with van der Waals surface area (Å²) >= 11 is 2.34. The van der Waals surface area contributed by atoms with E-state index in [-0.39, 0.29) is 0 Å². The Hall–Kier alpha value is -1.49. The van der Waals surface area contributed by atoms with Gasteiger partial charge in [-0.05, 0) is 64.6 Å². The molecule has 0 fully saturated rings. The first kappa shape index (κ1) is 12.5. The highest BCUT2D eigenvalue weighted by molar-refractivity contribution is 14.1. The van der Waals surface area contributed by atoms with Crippen molar-refractivity contribution in [1.29, 1.82) is 0 Å². The third-order valence-corrected chi connectivity index (χ3v) is 3.95. The average Bonchev–Trinajstić information content (AvgIpc) is 2.81. The molecule has 19 heavy (non-hydrogen) atoms. The van der Waals surface area contributed by atoms with E-state index in [9.17, 15) is 0 Å². The second-order valence-electron chi connectivity index (χ2n) is 4.86. The molecular weight excluding hydrogens is 345 g/mol. The summed E-state index contributed by atoms with van der Waals surface area (Å²) in [5.41, 5.74) is 4.79. The predicted octanol–water partition coefficient (Wildman–Crippen LogP) is 4.51. The van der Waals surface area contributed by atoms with Gasteiger partial charge in [0.05, 0.1) is 0 Å². The smallest absolute Gasteiger partial charge is 0.0464 e. The topological polar surface area (TPSA) is 19.0 Å². The molecule has 0 aliphatic rings. The molecule has 1 heterocycles. The number of rotatable bonds is 2. The number of hydrogen-bond donors (Lipinski definition) is 1. The summed E-state index contributed by atoms with van der Waals surface area (Å²) in [4.78, 5) is 5.58. The average molecular weight is 360 g/mol. The van der Waals surface area contributed by atoms with Crippen LogP contribution in [-0.2, 0) is 0 Å². The molecule has 0 saturated heterocycles. The Labute approximate surface area is 126 Å². The molecular formula is C16H15IN2. The molecule has 0 bridgehead atoms. The van der Waals surface area contributed by atoms with Crippen molar-refractivity contribution in [3.8, 4) is 11.3 Å². The van der Waals surface area contributed by atoms with Crippen molar-refractivity contribution in [1.82, 2.24) is 4.98 Å². The number of nitrogens with zero attached hydrogens (tertiary/aromatic N) is 1. The monoisotopic (exact) mass is 360 g/mol. The molecule has 2 nitrogen and oxygen atoms in total. The van der Waals surface area contributed by atoms with Crippen LogP contribution < -0.4 is 4.90 Å². The lowest BCUT2D eigenvalue weighted by atomic mass is 10.1. The zero-order chi connectivity index (χ0) is 13.4. The van der Waals surface area contributed by atoms with Crippen molar-refractivity contribution in [2.75, 3.05) is 19.0 Å². The maximum atomic E-state index is 3.47. The molecule has 3 heteroatoms. The van der Waals surface area contributed by atoms with Gasteiger partial charge in [-0.1, -0.05) is 12.1 Å². The summed E-state index contributed by atoms with van der Waals surface area (Å²) in [6.07, 6.45) is 0. The van der Waals surface area contributed by atoms with Gasteiger partial charge >= 0.3 is 0 Å². The van der Waals surface area contributed by atoms with Crippen molar-refractivity contribution in [2.45, 2.75) is 0 Å². The van der Waals surface area contributed by atoms with E-state index in [1.807, 2.05) is 0 Å². The van der Waals surface area contributed by atoms with Crippen LogP contribution in [0, 0.1) is 3.57 Å². The van der Waals surface area contributed by atoms with Crippen molar-refractivity contribution >= 4 is 39.2 Å². The first-order valence-electron chi connectivity index (χ1n) is 6.19. The molecule has 96 valence electrons. The van der Waals surface area contributed by atoms with E-state index in [4.69, 9.17) is 0 Å². The summed E-state index contributed by atoms with van der Waals surface area (Å²) in [6.45, 7) is 0. The van der Waals surface area contributed by atoms with Gasteiger partial charge in [-0.25, -0.2) is 0 Å². The molecule has 0 aliphatic carbocycles. The molecule has 0 unspecified atom stereocenters. The van der Waals surface area contributed by atoms with Gasteiger partial charge in [-0.15, -0.1) is 0 Å². The zero-order valence-electron chi connectivity index (χ0n) is 10.9. The van der Waals surface area contributed by atoms with Gasteiger partial charge in [-0.2, -0.15) is 0 Å². The third kappa shape index (κ3) is 2.47. The van der Waals surface area contributed by atoms with Crippen LogP contribution in [0.2, 0.25) is 0 Å². The molecule has 0 saturated carbocycles. The lowest BCUT2D eigenvalue weighted by Crippen LogP contribution is -2.07. The lowest BCUT2D eigenvalue weighted by Gasteiger charge is -2.12. The molecule has 0 amide bonds. The highest BCUT2D eigenvalue weighted by atomic mass is 125. The second kappa shape index (κ2) is 4.89. The van der Waals surface area contributed by atoms with E-state index >= 15 is 0 Å². The quantitative estimate of drug-likeness (QED) is 0.667. The van der Waals surface area contributed by atoms with Crippen LogP contribution in [-0.4, -0.2) is 19.1 Å². The highest BCUT2D eigenvalue weighted by Gasteiger charge is 2.04. The number of nitrogens with one attached hydrogen (secondary N) is 1. The summed E-state index contributed by atoms with van der Waals surface area (Å²) in [6, 6.07) is 17.3. The molecule has 0 aliphatic heterocycles. The van der Waals surface area contributed by atoms with Crippen molar-refractivity contribution in [2.24, 2.45) is 0 Å². The van der Waals surface area contributed by atoms with E-state index in [2.05, 4.69) is 95.1 Å². The van der Waals surface area contributed by atoms with Crippen LogP contribution >= 0.6 is 22.6 Å². The van der Waals surface area contributed by atoms with Crippen LogP contribution in [0.15, 0.2) is 48.5 Å². The van der Waals surface area contributed by atoms with Gasteiger partial charge in [0.2, 0.25) is 0 Å². The maximum absolute atomic E-state index is 3.47. The number of benzene rings is 2. The van der Waals surface area contributed by atoms with Gasteiger partial charge in [0.1, 0.15) is 0 Å². The molecule has 0 radical (unpaired) electrons. The minimum absolute atomic E-state index is 1.17. The second-order valence-corrected chi connectivity index (χ2v) is 6.10. The van der Waals surface area contributed by atoms with Crippen LogP contribution in [0.3, 0.4) is 0 Å². The molecule has 1 N–H and O–H groups in total. The van der Waals surface area contributed by atoms with Gasteiger partial charge in [0.15, 0.2) is 0 Å². The van der Waals surface area contributed by atoms with Crippen molar-refractivity contribution in [3.63, 3.8) is 0 Å². The van der Waals surface area contributed by atoms with E-state index in [1.165, 1.54) is 31.4 Å². The van der Waals surface area contributed by atoms with Crippen molar-refractivity contribution < 1.29 is 0 Å². The summed E-state index contributed by atoms with van der Waals surface area (Å²) in [5, 5.41) is 1.26. The third-order valence-electron chi connectivity index (χ3n) is 3.28. The molecule has 0 spiro atoms. The Morgan fingerprint density at radius 3 is 2.37 bits per heavy atom. The Bertz CT molecular complexity index is 711. The van der Waals surface area contributed by atoms with Crippen LogP contribution in [0.25, 0.3) is 22.2 Å². The Morgan fingerprint density at radius 2 is 1.68 bits per heavy atom. The molecule has 3 rings (SSSR count). The van der Waals surface area contributed by atoms with Gasteiger partial charge in [0.25, 0.3) is 0 Å². The summed E-state index contributed by atoms with van der Waals surface area (Å²) in [7, 11) is 4.11. The SMILES string of the molecule is CN(C)c1ccc(-c2cc3cc([125I])ccc3[nH]2)cc1. The summed E-state index contributed by atoms with van der Waals surface area (Å²) in [5.74, 6) is 0. The van der Waals surface area contributed by atoms with E-state index < -0.39 is 0 Å². The fourth-order valence-electron chi connectivity index (χ4n) is 2.20. The van der Waals surface area contributed by atoms with Crippen molar-refractivity contribution in [3.05, 3.63) is 52.1 Å².